The van der Waals surface area contributed by atoms with E-state index in [4.69, 9.17) is 10.5 Å². The summed E-state index contributed by atoms with van der Waals surface area (Å²) in [5.74, 6) is 0.318. The van der Waals surface area contributed by atoms with Gasteiger partial charge in [0.2, 0.25) is 5.91 Å². The summed E-state index contributed by atoms with van der Waals surface area (Å²) in [6, 6.07) is 5.39. The zero-order valence-corrected chi connectivity index (χ0v) is 10.3. The summed E-state index contributed by atoms with van der Waals surface area (Å²) in [5.41, 5.74) is 6.71. The number of hydrogen-bond donors (Lipinski definition) is 1. The number of primary amides is 1. The monoisotopic (exact) mass is 221 g/mol. The van der Waals surface area contributed by atoms with Gasteiger partial charge >= 0.3 is 0 Å². The van der Waals surface area contributed by atoms with Gasteiger partial charge in [-0.1, -0.05) is 26.8 Å². The SMILES string of the molecule is CCC(C)(C)c1c(OC)cccc1C(N)=O. The molecule has 0 radical (unpaired) electrons. The van der Waals surface area contributed by atoms with Crippen LogP contribution in [-0.4, -0.2) is 13.0 Å². The van der Waals surface area contributed by atoms with Crippen molar-refractivity contribution in [1.29, 1.82) is 0 Å². The van der Waals surface area contributed by atoms with E-state index in [1.165, 1.54) is 0 Å². The van der Waals surface area contributed by atoms with Crippen molar-refractivity contribution in [3.63, 3.8) is 0 Å². The van der Waals surface area contributed by atoms with Crippen molar-refractivity contribution in [1.82, 2.24) is 0 Å². The van der Waals surface area contributed by atoms with Gasteiger partial charge in [0.15, 0.2) is 0 Å². The Bertz CT molecular complexity index is 397. The van der Waals surface area contributed by atoms with Crippen LogP contribution in [0.15, 0.2) is 18.2 Å². The molecule has 2 N–H and O–H groups in total. The summed E-state index contributed by atoms with van der Waals surface area (Å²) in [6.45, 7) is 6.24. The fraction of sp³-hybridized carbons (Fsp3) is 0.462. The Balaban J connectivity index is 3.48. The molecule has 1 rings (SSSR count). The lowest BCUT2D eigenvalue weighted by molar-refractivity contribution is 0.0997. The number of benzene rings is 1. The Labute approximate surface area is 96.6 Å². The molecule has 0 heterocycles. The number of rotatable bonds is 4. The van der Waals surface area contributed by atoms with E-state index in [2.05, 4.69) is 20.8 Å². The molecule has 16 heavy (non-hydrogen) atoms. The molecule has 0 fully saturated rings. The second-order valence-electron chi connectivity index (χ2n) is 4.48. The maximum Gasteiger partial charge on any atom is 0.249 e. The highest BCUT2D eigenvalue weighted by Crippen LogP contribution is 2.36. The van der Waals surface area contributed by atoms with Crippen molar-refractivity contribution in [3.8, 4) is 5.75 Å². The van der Waals surface area contributed by atoms with E-state index in [0.717, 1.165) is 17.7 Å². The number of methoxy groups -OCH3 is 1. The average Bonchev–Trinajstić information content (AvgIpc) is 2.27. The normalized spacial score (nSPS) is 11.2. The summed E-state index contributed by atoms with van der Waals surface area (Å²) in [6.07, 6.45) is 0.910. The number of ether oxygens (including phenoxy) is 1. The third-order valence-corrected chi connectivity index (χ3v) is 3.07. The minimum atomic E-state index is -0.407. The molecule has 88 valence electrons. The summed E-state index contributed by atoms with van der Waals surface area (Å²) in [7, 11) is 1.61. The average molecular weight is 221 g/mol. The number of nitrogens with two attached hydrogens (primary N) is 1. The lowest BCUT2D eigenvalue weighted by Crippen LogP contribution is -2.24. The molecule has 1 aromatic rings. The van der Waals surface area contributed by atoms with Crippen LogP contribution in [0.1, 0.15) is 43.1 Å². The number of carbonyl (C=O) groups is 1. The fourth-order valence-electron chi connectivity index (χ4n) is 1.78. The smallest absolute Gasteiger partial charge is 0.249 e. The molecule has 0 aliphatic heterocycles. The van der Waals surface area contributed by atoms with E-state index in [0.29, 0.717) is 5.56 Å². The topological polar surface area (TPSA) is 52.3 Å². The van der Waals surface area contributed by atoms with Gasteiger partial charge in [-0.05, 0) is 24.0 Å². The number of hydrogen-bond acceptors (Lipinski definition) is 2. The largest absolute Gasteiger partial charge is 0.496 e. The van der Waals surface area contributed by atoms with Crippen LogP contribution in [0.5, 0.6) is 5.75 Å². The fourth-order valence-corrected chi connectivity index (χ4v) is 1.78. The summed E-state index contributed by atoms with van der Waals surface area (Å²) >= 11 is 0. The molecule has 1 aromatic carbocycles. The lowest BCUT2D eigenvalue weighted by atomic mass is 9.79. The highest BCUT2D eigenvalue weighted by Gasteiger charge is 2.27. The van der Waals surface area contributed by atoms with Crippen molar-refractivity contribution in [2.24, 2.45) is 5.73 Å². The van der Waals surface area contributed by atoms with Crippen LogP contribution in [0.2, 0.25) is 0 Å². The second kappa shape index (κ2) is 4.56. The molecule has 3 heteroatoms. The quantitative estimate of drug-likeness (QED) is 0.849. The number of amides is 1. The molecule has 0 atom stereocenters. The Hall–Kier alpha value is -1.51. The van der Waals surface area contributed by atoms with Crippen LogP contribution in [0.4, 0.5) is 0 Å². The van der Waals surface area contributed by atoms with E-state index in [1.807, 2.05) is 6.07 Å². The first kappa shape index (κ1) is 12.6. The van der Waals surface area contributed by atoms with Crippen LogP contribution in [0.3, 0.4) is 0 Å². The van der Waals surface area contributed by atoms with Crippen molar-refractivity contribution < 1.29 is 9.53 Å². The van der Waals surface area contributed by atoms with Gasteiger partial charge in [0.25, 0.3) is 0 Å². The Morgan fingerprint density at radius 2 is 2.06 bits per heavy atom. The molecule has 0 aliphatic carbocycles. The van der Waals surface area contributed by atoms with Gasteiger partial charge in [0.1, 0.15) is 5.75 Å². The van der Waals surface area contributed by atoms with Gasteiger partial charge in [-0.15, -0.1) is 0 Å². The van der Waals surface area contributed by atoms with Crippen LogP contribution in [-0.2, 0) is 5.41 Å². The molecule has 1 amide bonds. The summed E-state index contributed by atoms with van der Waals surface area (Å²) in [5, 5.41) is 0. The molecule has 0 saturated heterocycles. The van der Waals surface area contributed by atoms with Crippen LogP contribution < -0.4 is 10.5 Å². The molecule has 3 nitrogen and oxygen atoms in total. The van der Waals surface area contributed by atoms with Crippen molar-refractivity contribution >= 4 is 5.91 Å². The summed E-state index contributed by atoms with van der Waals surface area (Å²) < 4.78 is 5.32. The van der Waals surface area contributed by atoms with Crippen molar-refractivity contribution in [2.75, 3.05) is 7.11 Å². The van der Waals surface area contributed by atoms with Gasteiger partial charge < -0.3 is 10.5 Å². The van der Waals surface area contributed by atoms with E-state index in [-0.39, 0.29) is 5.41 Å². The zero-order valence-electron chi connectivity index (χ0n) is 10.3. The maximum absolute atomic E-state index is 11.4. The van der Waals surface area contributed by atoms with Gasteiger partial charge in [0, 0.05) is 11.1 Å². The van der Waals surface area contributed by atoms with Crippen molar-refractivity contribution in [2.45, 2.75) is 32.6 Å². The van der Waals surface area contributed by atoms with E-state index in [1.54, 1.807) is 19.2 Å². The molecule has 0 bridgehead atoms. The van der Waals surface area contributed by atoms with Gasteiger partial charge in [-0.25, -0.2) is 0 Å². The Morgan fingerprint density at radius 1 is 1.44 bits per heavy atom. The highest BCUT2D eigenvalue weighted by molar-refractivity contribution is 5.95. The van der Waals surface area contributed by atoms with Gasteiger partial charge in [-0.2, -0.15) is 0 Å². The molecular weight excluding hydrogens is 202 g/mol. The standard InChI is InChI=1S/C13H19NO2/c1-5-13(2,3)11-9(12(14)15)7-6-8-10(11)16-4/h6-8H,5H2,1-4H3,(H2,14,15). The Morgan fingerprint density at radius 3 is 2.50 bits per heavy atom. The predicted octanol–water partition coefficient (Wildman–Crippen LogP) is 2.48. The summed E-state index contributed by atoms with van der Waals surface area (Å²) in [4.78, 5) is 11.4. The minimum Gasteiger partial charge on any atom is -0.496 e. The van der Waals surface area contributed by atoms with Crippen LogP contribution in [0.25, 0.3) is 0 Å². The first-order valence-corrected chi connectivity index (χ1v) is 5.41. The second-order valence-corrected chi connectivity index (χ2v) is 4.48. The maximum atomic E-state index is 11.4. The van der Waals surface area contributed by atoms with E-state index < -0.39 is 5.91 Å². The zero-order chi connectivity index (χ0) is 12.3. The predicted molar refractivity (Wildman–Crippen MR) is 64.8 cm³/mol. The van der Waals surface area contributed by atoms with Crippen molar-refractivity contribution in [3.05, 3.63) is 29.3 Å². The van der Waals surface area contributed by atoms with Crippen LogP contribution >= 0.6 is 0 Å². The van der Waals surface area contributed by atoms with E-state index >= 15 is 0 Å². The van der Waals surface area contributed by atoms with E-state index in [9.17, 15) is 4.79 Å². The first-order valence-electron chi connectivity index (χ1n) is 5.41. The third-order valence-electron chi connectivity index (χ3n) is 3.07. The molecule has 0 unspecified atom stereocenters. The molecule has 0 aliphatic rings. The van der Waals surface area contributed by atoms with Gasteiger partial charge in [-0.3, -0.25) is 4.79 Å². The highest BCUT2D eigenvalue weighted by atomic mass is 16.5. The minimum absolute atomic E-state index is 0.128. The molecule has 0 aromatic heterocycles. The third kappa shape index (κ3) is 2.18. The van der Waals surface area contributed by atoms with Crippen LogP contribution in [0, 0.1) is 0 Å². The lowest BCUT2D eigenvalue weighted by Gasteiger charge is -2.27. The Kier molecular flexibility index (Phi) is 3.58. The van der Waals surface area contributed by atoms with Gasteiger partial charge in [0.05, 0.1) is 7.11 Å². The molecule has 0 saturated carbocycles. The molecule has 0 spiro atoms. The first-order chi connectivity index (χ1) is 7.44. The number of carbonyl (C=O) groups excluding carboxylic acids is 1. The molecular formula is C13H19NO2.